The normalized spacial score (nSPS) is 10.6. The Labute approximate surface area is 103 Å². The molecule has 5 nitrogen and oxygen atoms in total. The van der Waals surface area contributed by atoms with Gasteiger partial charge in [0, 0.05) is 11.8 Å². The fourth-order valence-corrected chi connectivity index (χ4v) is 1.01. The second kappa shape index (κ2) is 11.8. The first-order chi connectivity index (χ1) is 8.01. The van der Waals surface area contributed by atoms with Crippen molar-refractivity contribution in [2.24, 2.45) is 5.41 Å². The molecule has 0 amide bonds. The predicted octanol–water partition coefficient (Wildman–Crippen LogP) is 1.01. The van der Waals surface area contributed by atoms with Gasteiger partial charge in [-0.15, -0.1) is 0 Å². The molecule has 4 N–H and O–H groups in total. The van der Waals surface area contributed by atoms with E-state index in [4.69, 9.17) is 20.4 Å². The molecule has 0 heterocycles. The minimum absolute atomic E-state index is 0.156. The van der Waals surface area contributed by atoms with Gasteiger partial charge in [-0.2, -0.15) is 0 Å². The molecule has 0 bridgehead atoms. The van der Waals surface area contributed by atoms with Gasteiger partial charge in [0.05, 0.1) is 19.8 Å². The average Bonchev–Trinajstić information content (AvgIpc) is 2.34. The molecule has 0 aromatic heterocycles. The summed E-state index contributed by atoms with van der Waals surface area (Å²) >= 11 is 0. The molecule has 0 aliphatic rings. The molecule has 0 aliphatic heterocycles. The number of aliphatic carboxylic acids is 1. The molecule has 0 rings (SSSR count). The quantitative estimate of drug-likeness (QED) is 0.482. The Morgan fingerprint density at radius 1 is 1.00 bits per heavy atom. The van der Waals surface area contributed by atoms with Crippen molar-refractivity contribution in [2.45, 2.75) is 46.0 Å². The highest BCUT2D eigenvalue weighted by atomic mass is 16.4. The summed E-state index contributed by atoms with van der Waals surface area (Å²) in [5, 5.41) is 34.1. The smallest absolute Gasteiger partial charge is 0.303 e. The lowest BCUT2D eigenvalue weighted by Crippen LogP contribution is -2.32. The van der Waals surface area contributed by atoms with Crippen LogP contribution in [0.15, 0.2) is 0 Å². The van der Waals surface area contributed by atoms with Crippen LogP contribution in [-0.4, -0.2) is 46.2 Å². The second-order valence-corrected chi connectivity index (χ2v) is 4.18. The Bertz CT molecular complexity index is 160. The Morgan fingerprint density at radius 3 is 1.65 bits per heavy atom. The van der Waals surface area contributed by atoms with E-state index in [9.17, 15) is 4.79 Å². The van der Waals surface area contributed by atoms with Gasteiger partial charge in [0.25, 0.3) is 0 Å². The molecule has 0 aromatic carbocycles. The van der Waals surface area contributed by atoms with E-state index in [0.29, 0.717) is 12.8 Å². The van der Waals surface area contributed by atoms with Crippen molar-refractivity contribution in [1.82, 2.24) is 0 Å². The van der Waals surface area contributed by atoms with E-state index in [1.54, 1.807) is 0 Å². The van der Waals surface area contributed by atoms with E-state index < -0.39 is 11.4 Å². The minimum atomic E-state index is -0.682. The molecular weight excluding hydrogens is 224 g/mol. The van der Waals surface area contributed by atoms with E-state index in [0.717, 1.165) is 19.3 Å². The van der Waals surface area contributed by atoms with Crippen LogP contribution in [0, 0.1) is 5.41 Å². The zero-order valence-electron chi connectivity index (χ0n) is 10.9. The van der Waals surface area contributed by atoms with Crippen LogP contribution in [0.1, 0.15) is 46.0 Å². The van der Waals surface area contributed by atoms with Gasteiger partial charge in [-0.25, -0.2) is 0 Å². The number of aliphatic hydroxyl groups excluding tert-OH is 3. The van der Waals surface area contributed by atoms with Crippen molar-refractivity contribution in [2.75, 3.05) is 19.8 Å². The SMILES string of the molecule is CCC(CO)(CO)CO.CCCCCC(=O)O. The van der Waals surface area contributed by atoms with Crippen LogP contribution < -0.4 is 0 Å². The van der Waals surface area contributed by atoms with Gasteiger partial charge in [-0.1, -0.05) is 26.7 Å². The molecule has 0 aromatic rings. The molecule has 0 spiro atoms. The van der Waals surface area contributed by atoms with Crippen LogP contribution in [0.25, 0.3) is 0 Å². The molecule has 0 fully saturated rings. The van der Waals surface area contributed by atoms with Crippen LogP contribution >= 0.6 is 0 Å². The summed E-state index contributed by atoms with van der Waals surface area (Å²) in [7, 11) is 0. The highest BCUT2D eigenvalue weighted by Gasteiger charge is 2.24. The first-order valence-corrected chi connectivity index (χ1v) is 6.06. The standard InChI is InChI=1S/C6H14O3.C6H12O2/c1-2-6(3-7,4-8)5-9;1-2-3-4-5-6(7)8/h7-9H,2-5H2,1H3;2-5H2,1H3,(H,7,8). The molecule has 0 radical (unpaired) electrons. The molecule has 17 heavy (non-hydrogen) atoms. The number of carboxylic acid groups (broad SMARTS) is 1. The number of carboxylic acids is 1. The number of unbranched alkanes of at least 4 members (excludes halogenated alkanes) is 2. The number of aliphatic hydroxyl groups is 3. The van der Waals surface area contributed by atoms with Gasteiger partial charge in [-0.05, 0) is 12.8 Å². The summed E-state index contributed by atoms with van der Waals surface area (Å²) in [6, 6.07) is 0. The third-order valence-electron chi connectivity index (χ3n) is 2.75. The topological polar surface area (TPSA) is 98.0 Å². The van der Waals surface area contributed by atoms with Gasteiger partial charge in [-0.3, -0.25) is 4.79 Å². The number of carbonyl (C=O) groups is 1. The Kier molecular flexibility index (Phi) is 13.0. The largest absolute Gasteiger partial charge is 0.481 e. The van der Waals surface area contributed by atoms with E-state index in [-0.39, 0.29) is 19.8 Å². The molecule has 5 heteroatoms. The van der Waals surface area contributed by atoms with Crippen LogP contribution in [0.2, 0.25) is 0 Å². The van der Waals surface area contributed by atoms with Crippen LogP contribution in [-0.2, 0) is 4.79 Å². The average molecular weight is 250 g/mol. The second-order valence-electron chi connectivity index (χ2n) is 4.18. The molecule has 0 saturated heterocycles. The molecule has 0 unspecified atom stereocenters. The zero-order valence-corrected chi connectivity index (χ0v) is 10.9. The maximum Gasteiger partial charge on any atom is 0.303 e. The van der Waals surface area contributed by atoms with Gasteiger partial charge in [0.1, 0.15) is 0 Å². The zero-order chi connectivity index (χ0) is 13.7. The number of hydrogen-bond acceptors (Lipinski definition) is 4. The van der Waals surface area contributed by atoms with Gasteiger partial charge in [0.2, 0.25) is 0 Å². The molecule has 0 aliphatic carbocycles. The van der Waals surface area contributed by atoms with Crippen LogP contribution in [0.4, 0.5) is 0 Å². The van der Waals surface area contributed by atoms with E-state index in [1.807, 2.05) is 6.92 Å². The van der Waals surface area contributed by atoms with Crippen molar-refractivity contribution in [3.05, 3.63) is 0 Å². The highest BCUT2D eigenvalue weighted by molar-refractivity contribution is 5.66. The number of hydrogen-bond donors (Lipinski definition) is 4. The molecular formula is C12H26O5. The molecule has 0 atom stereocenters. The third-order valence-corrected chi connectivity index (χ3v) is 2.75. The van der Waals surface area contributed by atoms with Crippen molar-refractivity contribution < 1.29 is 25.2 Å². The lowest BCUT2D eigenvalue weighted by Gasteiger charge is -2.24. The lowest BCUT2D eigenvalue weighted by molar-refractivity contribution is -0.137. The fourth-order valence-electron chi connectivity index (χ4n) is 1.01. The van der Waals surface area contributed by atoms with E-state index in [2.05, 4.69) is 6.92 Å². The van der Waals surface area contributed by atoms with Gasteiger partial charge in [0.15, 0.2) is 0 Å². The van der Waals surface area contributed by atoms with Crippen molar-refractivity contribution in [3.63, 3.8) is 0 Å². The number of rotatable bonds is 8. The third kappa shape index (κ3) is 10.2. The highest BCUT2D eigenvalue weighted by Crippen LogP contribution is 2.18. The summed E-state index contributed by atoms with van der Waals surface area (Å²) in [5.41, 5.74) is -0.667. The maximum absolute atomic E-state index is 9.87. The van der Waals surface area contributed by atoms with Gasteiger partial charge < -0.3 is 20.4 Å². The lowest BCUT2D eigenvalue weighted by atomic mass is 9.88. The molecule has 104 valence electrons. The van der Waals surface area contributed by atoms with E-state index in [1.165, 1.54) is 0 Å². The van der Waals surface area contributed by atoms with Crippen molar-refractivity contribution in [1.29, 1.82) is 0 Å². The summed E-state index contributed by atoms with van der Waals surface area (Å²) in [6.45, 7) is 3.41. The predicted molar refractivity (Wildman–Crippen MR) is 65.8 cm³/mol. The fraction of sp³-hybridized carbons (Fsp3) is 0.917. The summed E-state index contributed by atoms with van der Waals surface area (Å²) in [5.74, 6) is -0.682. The van der Waals surface area contributed by atoms with Crippen LogP contribution in [0.3, 0.4) is 0 Å². The first kappa shape index (κ1) is 18.7. The Hall–Kier alpha value is -0.650. The Balaban J connectivity index is 0. The molecule has 0 saturated carbocycles. The monoisotopic (exact) mass is 250 g/mol. The summed E-state index contributed by atoms with van der Waals surface area (Å²) in [6.07, 6.45) is 3.87. The summed E-state index contributed by atoms with van der Waals surface area (Å²) < 4.78 is 0. The maximum atomic E-state index is 9.87. The minimum Gasteiger partial charge on any atom is -0.481 e. The van der Waals surface area contributed by atoms with Crippen molar-refractivity contribution >= 4 is 5.97 Å². The Morgan fingerprint density at radius 2 is 1.47 bits per heavy atom. The van der Waals surface area contributed by atoms with E-state index >= 15 is 0 Å². The summed E-state index contributed by atoms with van der Waals surface area (Å²) in [4.78, 5) is 9.87. The van der Waals surface area contributed by atoms with Crippen molar-refractivity contribution in [3.8, 4) is 0 Å². The first-order valence-electron chi connectivity index (χ1n) is 6.06. The van der Waals surface area contributed by atoms with Gasteiger partial charge >= 0.3 is 5.97 Å². The van der Waals surface area contributed by atoms with Crippen LogP contribution in [0.5, 0.6) is 0 Å².